The summed E-state index contributed by atoms with van der Waals surface area (Å²) in [6, 6.07) is 13.0. The Labute approximate surface area is 131 Å². The quantitative estimate of drug-likeness (QED) is 0.865. The first kappa shape index (κ1) is 14.1. The number of hydrogen-bond donors (Lipinski definition) is 1. The van der Waals surface area contributed by atoms with Gasteiger partial charge in [0.15, 0.2) is 0 Å². The van der Waals surface area contributed by atoms with Gasteiger partial charge in [-0.2, -0.15) is 0 Å². The van der Waals surface area contributed by atoms with E-state index in [9.17, 15) is 4.39 Å². The Kier molecular flexibility index (Phi) is 3.85. The van der Waals surface area contributed by atoms with Gasteiger partial charge in [0.2, 0.25) is 0 Å². The van der Waals surface area contributed by atoms with Crippen LogP contribution in [0.15, 0.2) is 46.9 Å². The van der Waals surface area contributed by atoms with Crippen molar-refractivity contribution in [1.82, 2.24) is 5.32 Å². The second-order valence-corrected chi connectivity index (χ2v) is 6.66. The molecule has 0 aliphatic carbocycles. The molecule has 0 amide bonds. The minimum Gasteiger partial charge on any atom is -0.315 e. The SMILES string of the molecule is Fc1ccc(Cl)cc1CC1(c2ccc(Br)cc2)CNC1. The third-order valence-electron chi connectivity index (χ3n) is 3.92. The van der Waals surface area contributed by atoms with Crippen LogP contribution in [0.3, 0.4) is 0 Å². The first-order valence-corrected chi connectivity index (χ1v) is 7.67. The van der Waals surface area contributed by atoms with Gasteiger partial charge >= 0.3 is 0 Å². The van der Waals surface area contributed by atoms with Crippen molar-refractivity contribution < 1.29 is 4.39 Å². The Morgan fingerprint density at radius 3 is 2.45 bits per heavy atom. The van der Waals surface area contributed by atoms with E-state index in [-0.39, 0.29) is 11.2 Å². The van der Waals surface area contributed by atoms with Gasteiger partial charge in [-0.3, -0.25) is 0 Å². The minimum atomic E-state index is -0.183. The highest BCUT2D eigenvalue weighted by Crippen LogP contribution is 2.34. The molecule has 0 atom stereocenters. The fourth-order valence-electron chi connectivity index (χ4n) is 2.70. The molecule has 0 bridgehead atoms. The highest BCUT2D eigenvalue weighted by molar-refractivity contribution is 9.10. The molecule has 2 aromatic carbocycles. The van der Waals surface area contributed by atoms with Gasteiger partial charge in [0.05, 0.1) is 0 Å². The van der Waals surface area contributed by atoms with E-state index in [2.05, 4.69) is 33.4 Å². The Hall–Kier alpha value is -0.900. The summed E-state index contributed by atoms with van der Waals surface area (Å²) in [4.78, 5) is 0. The molecule has 0 unspecified atom stereocenters. The van der Waals surface area contributed by atoms with Crippen LogP contribution >= 0.6 is 27.5 Å². The lowest BCUT2D eigenvalue weighted by Gasteiger charge is -2.43. The molecule has 0 radical (unpaired) electrons. The molecule has 4 heteroatoms. The van der Waals surface area contributed by atoms with Crippen molar-refractivity contribution >= 4 is 27.5 Å². The Bertz CT molecular complexity index is 623. The van der Waals surface area contributed by atoms with E-state index in [1.165, 1.54) is 11.6 Å². The average Bonchev–Trinajstić information content (AvgIpc) is 2.39. The van der Waals surface area contributed by atoms with Crippen LogP contribution < -0.4 is 5.32 Å². The molecule has 0 spiro atoms. The summed E-state index contributed by atoms with van der Waals surface area (Å²) in [6.45, 7) is 1.72. The van der Waals surface area contributed by atoms with Gasteiger partial charge in [0, 0.05) is 28.0 Å². The highest BCUT2D eigenvalue weighted by Gasteiger charge is 2.39. The van der Waals surface area contributed by atoms with Crippen molar-refractivity contribution in [3.8, 4) is 0 Å². The maximum Gasteiger partial charge on any atom is 0.126 e. The van der Waals surface area contributed by atoms with Crippen molar-refractivity contribution in [2.45, 2.75) is 11.8 Å². The summed E-state index contributed by atoms with van der Waals surface area (Å²) in [5, 5.41) is 3.89. The maximum absolute atomic E-state index is 14.0. The van der Waals surface area contributed by atoms with Crippen LogP contribution in [0.1, 0.15) is 11.1 Å². The predicted molar refractivity (Wildman–Crippen MR) is 83.8 cm³/mol. The summed E-state index contributed by atoms with van der Waals surface area (Å²) in [5.74, 6) is -0.183. The summed E-state index contributed by atoms with van der Waals surface area (Å²) < 4.78 is 15.0. The molecule has 1 aliphatic rings. The van der Waals surface area contributed by atoms with Crippen molar-refractivity contribution in [3.05, 3.63) is 68.9 Å². The van der Waals surface area contributed by atoms with Gasteiger partial charge < -0.3 is 5.32 Å². The Morgan fingerprint density at radius 1 is 1.15 bits per heavy atom. The first-order valence-electron chi connectivity index (χ1n) is 6.50. The van der Waals surface area contributed by atoms with Gasteiger partial charge in [-0.1, -0.05) is 39.7 Å². The second-order valence-electron chi connectivity index (χ2n) is 5.30. The monoisotopic (exact) mass is 353 g/mol. The predicted octanol–water partition coefficient (Wildman–Crippen LogP) is 4.33. The van der Waals surface area contributed by atoms with E-state index in [0.717, 1.165) is 17.6 Å². The number of nitrogens with one attached hydrogen (secondary N) is 1. The van der Waals surface area contributed by atoms with Crippen LogP contribution in [0.25, 0.3) is 0 Å². The van der Waals surface area contributed by atoms with Gasteiger partial charge in [-0.15, -0.1) is 0 Å². The van der Waals surface area contributed by atoms with Crippen molar-refractivity contribution in [1.29, 1.82) is 0 Å². The first-order chi connectivity index (χ1) is 9.59. The number of rotatable bonds is 3. The zero-order valence-electron chi connectivity index (χ0n) is 10.8. The van der Waals surface area contributed by atoms with Gasteiger partial charge in [0.1, 0.15) is 5.82 Å². The van der Waals surface area contributed by atoms with E-state index >= 15 is 0 Å². The molecule has 0 saturated carbocycles. The molecule has 3 rings (SSSR count). The second kappa shape index (κ2) is 5.47. The number of halogens is 3. The van der Waals surface area contributed by atoms with Crippen LogP contribution in [0.5, 0.6) is 0 Å². The number of benzene rings is 2. The molecule has 1 heterocycles. The maximum atomic E-state index is 14.0. The van der Waals surface area contributed by atoms with Crippen LogP contribution in [0, 0.1) is 5.82 Å². The lowest BCUT2D eigenvalue weighted by atomic mass is 9.71. The third kappa shape index (κ3) is 2.62. The van der Waals surface area contributed by atoms with E-state index in [0.29, 0.717) is 17.0 Å². The van der Waals surface area contributed by atoms with Crippen LogP contribution in [-0.2, 0) is 11.8 Å². The van der Waals surface area contributed by atoms with E-state index < -0.39 is 0 Å². The molecule has 0 aromatic heterocycles. The molecule has 20 heavy (non-hydrogen) atoms. The minimum absolute atomic E-state index is 0.0355. The Morgan fingerprint density at radius 2 is 1.85 bits per heavy atom. The van der Waals surface area contributed by atoms with Crippen molar-refractivity contribution in [2.24, 2.45) is 0 Å². The summed E-state index contributed by atoms with van der Waals surface area (Å²) in [5.41, 5.74) is 1.88. The fraction of sp³-hybridized carbons (Fsp3) is 0.250. The van der Waals surface area contributed by atoms with E-state index in [4.69, 9.17) is 11.6 Å². The fourth-order valence-corrected chi connectivity index (χ4v) is 3.16. The molecule has 2 aromatic rings. The van der Waals surface area contributed by atoms with E-state index in [1.54, 1.807) is 12.1 Å². The highest BCUT2D eigenvalue weighted by atomic mass is 79.9. The molecule has 1 fully saturated rings. The smallest absolute Gasteiger partial charge is 0.126 e. The molecule has 1 nitrogen and oxygen atoms in total. The third-order valence-corrected chi connectivity index (χ3v) is 4.68. The largest absolute Gasteiger partial charge is 0.315 e. The van der Waals surface area contributed by atoms with E-state index in [1.807, 2.05) is 12.1 Å². The molecular weight excluding hydrogens is 341 g/mol. The van der Waals surface area contributed by atoms with Gasteiger partial charge in [0.25, 0.3) is 0 Å². The van der Waals surface area contributed by atoms with Crippen LogP contribution in [0.4, 0.5) is 4.39 Å². The zero-order valence-corrected chi connectivity index (χ0v) is 13.1. The number of hydrogen-bond acceptors (Lipinski definition) is 1. The molecule has 1 N–H and O–H groups in total. The summed E-state index contributed by atoms with van der Waals surface area (Å²) >= 11 is 9.43. The lowest BCUT2D eigenvalue weighted by molar-refractivity contribution is 0.272. The topological polar surface area (TPSA) is 12.0 Å². The molecule has 104 valence electrons. The molecule has 1 aliphatic heterocycles. The standard InChI is InChI=1S/C16H14BrClFN/c17-13-3-1-12(2-4-13)16(9-20-10-16)8-11-7-14(18)5-6-15(11)19/h1-7,20H,8-10H2. The van der Waals surface area contributed by atoms with Crippen molar-refractivity contribution in [2.75, 3.05) is 13.1 Å². The average molecular weight is 355 g/mol. The van der Waals surface area contributed by atoms with Gasteiger partial charge in [-0.25, -0.2) is 4.39 Å². The Balaban J connectivity index is 1.93. The van der Waals surface area contributed by atoms with Crippen molar-refractivity contribution in [3.63, 3.8) is 0 Å². The summed E-state index contributed by atoms with van der Waals surface area (Å²) in [6.07, 6.45) is 0.661. The van der Waals surface area contributed by atoms with Gasteiger partial charge in [-0.05, 0) is 47.9 Å². The summed E-state index contributed by atoms with van der Waals surface area (Å²) in [7, 11) is 0. The van der Waals surface area contributed by atoms with Crippen LogP contribution in [-0.4, -0.2) is 13.1 Å². The normalized spacial score (nSPS) is 16.8. The molecule has 1 saturated heterocycles. The zero-order chi connectivity index (χ0) is 14.2. The lowest BCUT2D eigenvalue weighted by Crippen LogP contribution is -2.58. The van der Waals surface area contributed by atoms with Crippen LogP contribution in [0.2, 0.25) is 5.02 Å². The molecular formula is C16H14BrClFN.